The van der Waals surface area contributed by atoms with Gasteiger partial charge in [0.1, 0.15) is 5.82 Å². The highest BCUT2D eigenvalue weighted by molar-refractivity contribution is 14.0. The third-order valence-corrected chi connectivity index (χ3v) is 5.10. The number of hydrogen-bond acceptors (Lipinski definition) is 3. The summed E-state index contributed by atoms with van der Waals surface area (Å²) in [4.78, 5) is 7.82. The van der Waals surface area contributed by atoms with Crippen molar-refractivity contribution in [2.75, 3.05) is 39.0 Å². The zero-order chi connectivity index (χ0) is 18.5. The van der Waals surface area contributed by atoms with Crippen LogP contribution in [0, 0.1) is 5.82 Å². The zero-order valence-corrected chi connectivity index (χ0v) is 19.6. The van der Waals surface area contributed by atoms with Crippen LogP contribution in [-0.4, -0.2) is 55.9 Å². The molecule has 0 aliphatic rings. The lowest BCUT2D eigenvalue weighted by atomic mass is 10.2. The average molecular weight is 496 g/mol. The molecule has 0 radical (unpaired) electrons. The molecular weight excluding hydrogens is 462 g/mol. The summed E-state index contributed by atoms with van der Waals surface area (Å²) in [5.41, 5.74) is 0. The number of thioether (sulfide) groups is 1. The maximum atomic E-state index is 12.9. The molecule has 1 aromatic rings. The van der Waals surface area contributed by atoms with Crippen LogP contribution in [-0.2, 0) is 0 Å². The summed E-state index contributed by atoms with van der Waals surface area (Å²) in [6.45, 7) is 10.8. The first kappa shape index (κ1) is 25.5. The van der Waals surface area contributed by atoms with Crippen LogP contribution in [0.5, 0.6) is 0 Å². The van der Waals surface area contributed by atoms with Gasteiger partial charge in [0.15, 0.2) is 5.96 Å². The van der Waals surface area contributed by atoms with Crippen LogP contribution in [0.1, 0.15) is 33.6 Å². The van der Waals surface area contributed by atoms with Gasteiger partial charge in [-0.2, -0.15) is 0 Å². The van der Waals surface area contributed by atoms with E-state index in [1.165, 1.54) is 18.6 Å². The molecule has 0 bridgehead atoms. The molecule has 0 saturated carbocycles. The second-order valence-electron chi connectivity index (χ2n) is 6.02. The van der Waals surface area contributed by atoms with Crippen molar-refractivity contribution in [3.8, 4) is 0 Å². The summed E-state index contributed by atoms with van der Waals surface area (Å²) in [5, 5.41) is 6.78. The zero-order valence-electron chi connectivity index (χ0n) is 16.4. The molecule has 0 amide bonds. The predicted molar refractivity (Wildman–Crippen MR) is 124 cm³/mol. The first-order valence-corrected chi connectivity index (χ1v) is 10.2. The lowest BCUT2D eigenvalue weighted by Gasteiger charge is -2.21. The van der Waals surface area contributed by atoms with Crippen molar-refractivity contribution in [2.45, 2.75) is 44.6 Å². The quantitative estimate of drug-likeness (QED) is 0.158. The third kappa shape index (κ3) is 11.2. The number of nitrogens with zero attached hydrogens (tertiary/aromatic N) is 2. The minimum atomic E-state index is -0.193. The molecule has 1 aromatic carbocycles. The molecule has 0 aliphatic heterocycles. The standard InChI is InChI=1S/C19H33FN4S.HI/c1-5-24(6-2)14-7-8-16(3)23-19(21-4)22-13-15-25-18-11-9-17(20)10-12-18;/h9-12,16H,5-8,13-15H2,1-4H3,(H2,21,22,23);1H. The molecule has 26 heavy (non-hydrogen) atoms. The maximum Gasteiger partial charge on any atom is 0.191 e. The molecule has 0 fully saturated rings. The third-order valence-electron chi connectivity index (χ3n) is 4.09. The van der Waals surface area contributed by atoms with Gasteiger partial charge in [-0.15, -0.1) is 35.7 Å². The fraction of sp³-hybridized carbons (Fsp3) is 0.632. The maximum absolute atomic E-state index is 12.9. The highest BCUT2D eigenvalue weighted by atomic mass is 127. The van der Waals surface area contributed by atoms with E-state index in [0.29, 0.717) is 6.04 Å². The van der Waals surface area contributed by atoms with Gasteiger partial charge < -0.3 is 15.5 Å². The Balaban J connectivity index is 0.00000625. The highest BCUT2D eigenvalue weighted by Crippen LogP contribution is 2.17. The lowest BCUT2D eigenvalue weighted by Crippen LogP contribution is -2.43. The molecule has 0 aromatic heterocycles. The predicted octanol–water partition coefficient (Wildman–Crippen LogP) is 4.21. The van der Waals surface area contributed by atoms with Gasteiger partial charge in [0.05, 0.1) is 0 Å². The first-order chi connectivity index (χ1) is 12.1. The van der Waals surface area contributed by atoms with Crippen molar-refractivity contribution in [3.05, 3.63) is 30.1 Å². The summed E-state index contributed by atoms with van der Waals surface area (Å²) in [6, 6.07) is 7.01. The number of halogens is 2. The van der Waals surface area contributed by atoms with E-state index in [1.807, 2.05) is 12.1 Å². The average Bonchev–Trinajstić information content (AvgIpc) is 2.62. The topological polar surface area (TPSA) is 39.7 Å². The van der Waals surface area contributed by atoms with Gasteiger partial charge in [0.25, 0.3) is 0 Å². The van der Waals surface area contributed by atoms with Gasteiger partial charge in [0, 0.05) is 30.3 Å². The monoisotopic (exact) mass is 496 g/mol. The second-order valence-corrected chi connectivity index (χ2v) is 7.18. The molecule has 1 atom stereocenters. The van der Waals surface area contributed by atoms with Gasteiger partial charge in [-0.25, -0.2) is 4.39 Å². The Labute approximate surface area is 179 Å². The SMILES string of the molecule is CCN(CC)CCCC(C)NC(=NC)NCCSc1ccc(F)cc1.I. The van der Waals surface area contributed by atoms with Crippen LogP contribution >= 0.6 is 35.7 Å². The Morgan fingerprint density at radius 3 is 2.46 bits per heavy atom. The molecule has 150 valence electrons. The van der Waals surface area contributed by atoms with Crippen LogP contribution in [0.15, 0.2) is 34.2 Å². The Bertz CT molecular complexity index is 495. The summed E-state index contributed by atoms with van der Waals surface area (Å²) in [6.07, 6.45) is 2.31. The van der Waals surface area contributed by atoms with Crippen LogP contribution in [0.4, 0.5) is 4.39 Å². The minimum absolute atomic E-state index is 0. The molecule has 0 saturated heterocycles. The van der Waals surface area contributed by atoms with Gasteiger partial charge >= 0.3 is 0 Å². The van der Waals surface area contributed by atoms with E-state index in [-0.39, 0.29) is 29.8 Å². The second kappa shape index (κ2) is 15.5. The van der Waals surface area contributed by atoms with E-state index in [9.17, 15) is 4.39 Å². The Morgan fingerprint density at radius 1 is 1.23 bits per heavy atom. The summed E-state index contributed by atoms with van der Waals surface area (Å²) in [5.74, 6) is 1.56. The van der Waals surface area contributed by atoms with Crippen molar-refractivity contribution in [3.63, 3.8) is 0 Å². The number of hydrogen-bond donors (Lipinski definition) is 2. The van der Waals surface area contributed by atoms with Gasteiger partial charge in [-0.05, 0) is 63.7 Å². The smallest absolute Gasteiger partial charge is 0.191 e. The largest absolute Gasteiger partial charge is 0.356 e. The molecule has 7 heteroatoms. The van der Waals surface area contributed by atoms with E-state index in [1.54, 1.807) is 18.8 Å². The lowest BCUT2D eigenvalue weighted by molar-refractivity contribution is 0.292. The molecule has 0 heterocycles. The molecular formula is C19H34FIN4S. The summed E-state index contributed by atoms with van der Waals surface area (Å²) < 4.78 is 12.9. The Hall–Kier alpha value is -0.540. The summed E-state index contributed by atoms with van der Waals surface area (Å²) in [7, 11) is 1.80. The van der Waals surface area contributed by atoms with Crippen LogP contribution in [0.3, 0.4) is 0 Å². The fourth-order valence-electron chi connectivity index (χ4n) is 2.53. The van der Waals surface area contributed by atoms with E-state index in [0.717, 1.165) is 49.2 Å². The minimum Gasteiger partial charge on any atom is -0.356 e. The van der Waals surface area contributed by atoms with Gasteiger partial charge in [0.2, 0.25) is 0 Å². The van der Waals surface area contributed by atoms with E-state index < -0.39 is 0 Å². The molecule has 1 unspecified atom stereocenters. The van der Waals surface area contributed by atoms with Crippen LogP contribution < -0.4 is 10.6 Å². The van der Waals surface area contributed by atoms with Crippen molar-refractivity contribution in [2.24, 2.45) is 4.99 Å². The van der Waals surface area contributed by atoms with Gasteiger partial charge in [-0.1, -0.05) is 13.8 Å². The van der Waals surface area contributed by atoms with Crippen LogP contribution in [0.2, 0.25) is 0 Å². The number of benzene rings is 1. The number of aliphatic imine (C=N–C) groups is 1. The van der Waals surface area contributed by atoms with Crippen molar-refractivity contribution in [1.82, 2.24) is 15.5 Å². The highest BCUT2D eigenvalue weighted by Gasteiger charge is 2.06. The summed E-state index contributed by atoms with van der Waals surface area (Å²) >= 11 is 1.71. The van der Waals surface area contributed by atoms with E-state index in [4.69, 9.17) is 0 Å². The van der Waals surface area contributed by atoms with Gasteiger partial charge in [-0.3, -0.25) is 4.99 Å². The van der Waals surface area contributed by atoms with Crippen LogP contribution in [0.25, 0.3) is 0 Å². The fourth-order valence-corrected chi connectivity index (χ4v) is 3.30. The van der Waals surface area contributed by atoms with E-state index in [2.05, 4.69) is 41.3 Å². The van der Waals surface area contributed by atoms with E-state index >= 15 is 0 Å². The molecule has 2 N–H and O–H groups in total. The normalized spacial score (nSPS) is 12.6. The molecule has 1 rings (SSSR count). The van der Waals surface area contributed by atoms with Crippen molar-refractivity contribution >= 4 is 41.7 Å². The Kier molecular flexibility index (Phi) is 15.2. The first-order valence-electron chi connectivity index (χ1n) is 9.16. The van der Waals surface area contributed by atoms with Crippen molar-refractivity contribution in [1.29, 1.82) is 0 Å². The molecule has 4 nitrogen and oxygen atoms in total. The molecule has 0 spiro atoms. The number of rotatable bonds is 11. The number of nitrogens with one attached hydrogen (secondary N) is 2. The Morgan fingerprint density at radius 2 is 1.88 bits per heavy atom. The molecule has 0 aliphatic carbocycles. The number of guanidine groups is 1. The van der Waals surface area contributed by atoms with Crippen molar-refractivity contribution < 1.29 is 4.39 Å².